The van der Waals surface area contributed by atoms with Gasteiger partial charge in [0.05, 0.1) is 13.7 Å². The van der Waals surface area contributed by atoms with Crippen molar-refractivity contribution in [3.05, 3.63) is 35.8 Å². The molecule has 2 aromatic rings. The van der Waals surface area contributed by atoms with Gasteiger partial charge in [-0.2, -0.15) is 0 Å². The summed E-state index contributed by atoms with van der Waals surface area (Å²) in [6.07, 6.45) is 0. The first-order chi connectivity index (χ1) is 9.58. The van der Waals surface area contributed by atoms with Gasteiger partial charge in [0.25, 0.3) is 0 Å². The van der Waals surface area contributed by atoms with Crippen LogP contribution in [0.5, 0.6) is 5.75 Å². The smallest absolute Gasteiger partial charge is 0.360 e. The molecule has 0 aliphatic carbocycles. The molecule has 0 saturated heterocycles. The van der Waals surface area contributed by atoms with E-state index in [9.17, 15) is 4.79 Å². The lowest BCUT2D eigenvalue weighted by Gasteiger charge is -2.08. The van der Waals surface area contributed by atoms with Gasteiger partial charge in [0.2, 0.25) is 0 Å². The molecule has 0 radical (unpaired) electrons. The monoisotopic (exact) mass is 275 g/mol. The van der Waals surface area contributed by atoms with Crippen LogP contribution in [0.25, 0.3) is 5.69 Å². The minimum atomic E-state index is -0.514. The maximum absolute atomic E-state index is 11.8. The second-order valence-corrected chi connectivity index (χ2v) is 4.15. The van der Waals surface area contributed by atoms with Crippen LogP contribution in [0.2, 0.25) is 0 Å². The fourth-order valence-corrected chi connectivity index (χ4v) is 1.96. The van der Waals surface area contributed by atoms with Gasteiger partial charge in [0.15, 0.2) is 5.69 Å². The summed E-state index contributed by atoms with van der Waals surface area (Å²) >= 11 is 0. The van der Waals surface area contributed by atoms with E-state index in [0.717, 1.165) is 11.4 Å². The van der Waals surface area contributed by atoms with Gasteiger partial charge < -0.3 is 15.2 Å². The van der Waals surface area contributed by atoms with Gasteiger partial charge in [-0.25, -0.2) is 9.78 Å². The fraction of sp³-hybridized carbons (Fsp3) is 0.286. The number of hydrogen-bond donors (Lipinski definition) is 1. The molecule has 0 atom stereocenters. The first-order valence-corrected chi connectivity index (χ1v) is 6.24. The number of anilines is 1. The summed E-state index contributed by atoms with van der Waals surface area (Å²) in [6.45, 7) is 3.80. The van der Waals surface area contributed by atoms with Gasteiger partial charge in [0.1, 0.15) is 17.4 Å². The number of nitrogen functional groups attached to an aromatic ring is 1. The number of imidazole rings is 1. The van der Waals surface area contributed by atoms with Gasteiger partial charge in [-0.1, -0.05) is 0 Å². The molecule has 0 aliphatic rings. The van der Waals surface area contributed by atoms with Crippen LogP contribution in [0.1, 0.15) is 23.2 Å². The largest absolute Gasteiger partial charge is 0.497 e. The third-order valence-corrected chi connectivity index (χ3v) is 2.88. The molecule has 2 N–H and O–H groups in total. The van der Waals surface area contributed by atoms with Crippen LogP contribution in [0.4, 0.5) is 5.82 Å². The molecule has 0 spiro atoms. The van der Waals surface area contributed by atoms with Crippen molar-refractivity contribution in [2.45, 2.75) is 13.8 Å². The number of aryl methyl sites for hydroxylation is 1. The Morgan fingerprint density at radius 1 is 1.35 bits per heavy atom. The average molecular weight is 275 g/mol. The minimum Gasteiger partial charge on any atom is -0.497 e. The van der Waals surface area contributed by atoms with Gasteiger partial charge >= 0.3 is 5.97 Å². The van der Waals surface area contributed by atoms with Crippen molar-refractivity contribution in [1.82, 2.24) is 9.55 Å². The van der Waals surface area contributed by atoms with E-state index in [1.54, 1.807) is 25.5 Å². The van der Waals surface area contributed by atoms with Crippen molar-refractivity contribution < 1.29 is 14.3 Å². The molecule has 6 nitrogen and oxygen atoms in total. The Bertz CT molecular complexity index is 617. The number of ether oxygens (including phenoxy) is 2. The molecule has 0 aliphatic heterocycles. The summed E-state index contributed by atoms with van der Waals surface area (Å²) in [7, 11) is 1.60. The standard InChI is InChI=1S/C14H17N3O3/c1-4-20-14(18)12-13(15)17(9(2)16-12)10-5-7-11(19-3)8-6-10/h5-8H,4,15H2,1-3H3. The number of nitrogens with two attached hydrogens (primary N) is 1. The Labute approximate surface area is 117 Å². The van der Waals surface area contributed by atoms with Crippen LogP contribution < -0.4 is 10.5 Å². The van der Waals surface area contributed by atoms with Crippen molar-refractivity contribution in [2.75, 3.05) is 19.5 Å². The number of nitrogens with zero attached hydrogens (tertiary/aromatic N) is 2. The van der Waals surface area contributed by atoms with E-state index in [2.05, 4.69) is 4.98 Å². The van der Waals surface area contributed by atoms with E-state index < -0.39 is 5.97 Å². The molecule has 1 heterocycles. The third kappa shape index (κ3) is 2.45. The van der Waals surface area contributed by atoms with Crippen molar-refractivity contribution in [3.8, 4) is 11.4 Å². The predicted molar refractivity (Wildman–Crippen MR) is 75.2 cm³/mol. The Kier molecular flexibility index (Phi) is 3.93. The van der Waals surface area contributed by atoms with E-state index in [1.165, 1.54) is 0 Å². The normalized spacial score (nSPS) is 10.3. The van der Waals surface area contributed by atoms with E-state index in [-0.39, 0.29) is 18.1 Å². The van der Waals surface area contributed by atoms with Crippen molar-refractivity contribution >= 4 is 11.8 Å². The zero-order chi connectivity index (χ0) is 14.7. The molecular weight excluding hydrogens is 258 g/mol. The highest BCUT2D eigenvalue weighted by atomic mass is 16.5. The van der Waals surface area contributed by atoms with Crippen LogP contribution >= 0.6 is 0 Å². The predicted octanol–water partition coefficient (Wildman–Crippen LogP) is 1.95. The lowest BCUT2D eigenvalue weighted by molar-refractivity contribution is 0.0521. The number of rotatable bonds is 4. The van der Waals surface area contributed by atoms with Crippen molar-refractivity contribution in [2.24, 2.45) is 0 Å². The van der Waals surface area contributed by atoms with Gasteiger partial charge in [-0.15, -0.1) is 0 Å². The molecule has 0 fully saturated rings. The Balaban J connectivity index is 2.43. The number of aromatic nitrogens is 2. The van der Waals surface area contributed by atoms with Gasteiger partial charge in [-0.3, -0.25) is 4.57 Å². The van der Waals surface area contributed by atoms with Gasteiger partial charge in [0, 0.05) is 5.69 Å². The summed E-state index contributed by atoms with van der Waals surface area (Å²) in [6, 6.07) is 7.33. The maximum Gasteiger partial charge on any atom is 0.360 e. The summed E-state index contributed by atoms with van der Waals surface area (Å²) in [5.74, 6) is 1.12. The van der Waals surface area contributed by atoms with E-state index in [4.69, 9.17) is 15.2 Å². The van der Waals surface area contributed by atoms with Crippen LogP contribution in [0.15, 0.2) is 24.3 Å². The Morgan fingerprint density at radius 2 is 2.00 bits per heavy atom. The molecular formula is C14H17N3O3. The molecule has 0 unspecified atom stereocenters. The molecule has 1 aromatic heterocycles. The summed E-state index contributed by atoms with van der Waals surface area (Å²) < 4.78 is 11.7. The lowest BCUT2D eigenvalue weighted by Crippen LogP contribution is -2.09. The summed E-state index contributed by atoms with van der Waals surface area (Å²) in [5, 5.41) is 0. The topological polar surface area (TPSA) is 79.4 Å². The van der Waals surface area contributed by atoms with Crippen LogP contribution in [-0.4, -0.2) is 29.2 Å². The average Bonchev–Trinajstić information content (AvgIpc) is 2.75. The molecule has 20 heavy (non-hydrogen) atoms. The first-order valence-electron chi connectivity index (χ1n) is 6.24. The number of methoxy groups -OCH3 is 1. The molecule has 106 valence electrons. The lowest BCUT2D eigenvalue weighted by atomic mass is 10.3. The molecule has 1 aromatic carbocycles. The second kappa shape index (κ2) is 5.64. The summed E-state index contributed by atoms with van der Waals surface area (Å²) in [5.41, 5.74) is 6.95. The number of carbonyl (C=O) groups is 1. The highest BCUT2D eigenvalue weighted by molar-refractivity contribution is 5.92. The highest BCUT2D eigenvalue weighted by Crippen LogP contribution is 2.23. The van der Waals surface area contributed by atoms with E-state index >= 15 is 0 Å². The molecule has 0 saturated carbocycles. The molecule has 0 bridgehead atoms. The number of hydrogen-bond acceptors (Lipinski definition) is 5. The van der Waals surface area contributed by atoms with E-state index in [1.807, 2.05) is 24.3 Å². The van der Waals surface area contributed by atoms with Crippen molar-refractivity contribution in [3.63, 3.8) is 0 Å². The SMILES string of the molecule is CCOC(=O)c1nc(C)n(-c2ccc(OC)cc2)c1N. The zero-order valence-electron chi connectivity index (χ0n) is 11.7. The molecule has 6 heteroatoms. The second-order valence-electron chi connectivity index (χ2n) is 4.15. The quantitative estimate of drug-likeness (QED) is 0.863. The Hall–Kier alpha value is -2.50. The first kappa shape index (κ1) is 13.9. The van der Waals surface area contributed by atoms with E-state index in [0.29, 0.717) is 5.82 Å². The zero-order valence-corrected chi connectivity index (χ0v) is 11.7. The van der Waals surface area contributed by atoms with Crippen LogP contribution in [-0.2, 0) is 4.74 Å². The fourth-order valence-electron chi connectivity index (χ4n) is 1.96. The maximum atomic E-state index is 11.8. The highest BCUT2D eigenvalue weighted by Gasteiger charge is 2.20. The van der Waals surface area contributed by atoms with Gasteiger partial charge in [-0.05, 0) is 38.1 Å². The minimum absolute atomic E-state index is 0.139. The van der Waals surface area contributed by atoms with Crippen molar-refractivity contribution in [1.29, 1.82) is 0 Å². The number of carbonyl (C=O) groups excluding carboxylic acids is 1. The van der Waals surface area contributed by atoms with Crippen LogP contribution in [0.3, 0.4) is 0 Å². The number of esters is 1. The Morgan fingerprint density at radius 3 is 2.55 bits per heavy atom. The molecule has 0 amide bonds. The number of benzene rings is 1. The van der Waals surface area contributed by atoms with Crippen LogP contribution in [0, 0.1) is 6.92 Å². The molecule has 2 rings (SSSR count). The third-order valence-electron chi connectivity index (χ3n) is 2.88. The summed E-state index contributed by atoms with van der Waals surface area (Å²) in [4.78, 5) is 15.9.